The van der Waals surface area contributed by atoms with E-state index in [9.17, 15) is 14.0 Å². The lowest BCUT2D eigenvalue weighted by molar-refractivity contribution is -0.140. The molecule has 4 aliphatic rings. The van der Waals surface area contributed by atoms with Gasteiger partial charge in [0.25, 0.3) is 0 Å². The molecule has 2 bridgehead atoms. The van der Waals surface area contributed by atoms with Gasteiger partial charge in [-0.3, -0.25) is 9.59 Å². The van der Waals surface area contributed by atoms with Crippen molar-refractivity contribution >= 4 is 29.3 Å². The molecule has 1 aromatic rings. The fourth-order valence-corrected chi connectivity index (χ4v) is 5.80. The first-order chi connectivity index (χ1) is 13.0. The maximum absolute atomic E-state index is 13.5. The van der Waals surface area contributed by atoms with Gasteiger partial charge in [-0.1, -0.05) is 12.2 Å². The highest BCUT2D eigenvalue weighted by Crippen LogP contribution is 2.53. The molecule has 3 fully saturated rings. The van der Waals surface area contributed by atoms with Crippen LogP contribution in [0.25, 0.3) is 0 Å². The topological polar surface area (TPSA) is 49.9 Å². The first-order valence-corrected chi connectivity index (χ1v) is 10.5. The van der Waals surface area contributed by atoms with Gasteiger partial charge in [0.05, 0.1) is 24.5 Å². The zero-order chi connectivity index (χ0) is 18.8. The van der Waals surface area contributed by atoms with Crippen LogP contribution in [0.15, 0.2) is 30.4 Å². The average Bonchev–Trinajstić information content (AvgIpc) is 3.30. The largest absolute Gasteiger partial charge is 0.360 e. The van der Waals surface area contributed by atoms with Crippen LogP contribution in [0.3, 0.4) is 0 Å². The van der Waals surface area contributed by atoms with Crippen molar-refractivity contribution in [3.63, 3.8) is 0 Å². The molecule has 0 aromatic heterocycles. The van der Waals surface area contributed by atoms with Crippen molar-refractivity contribution in [3.05, 3.63) is 41.7 Å². The van der Waals surface area contributed by atoms with E-state index in [4.69, 9.17) is 4.74 Å². The lowest BCUT2D eigenvalue weighted by atomic mass is 9.76. The Bertz CT molecular complexity index is 854. The first-order valence-electron chi connectivity index (χ1n) is 9.31. The minimum Gasteiger partial charge on any atom is -0.360 e. The zero-order valence-corrected chi connectivity index (χ0v) is 15.9. The van der Waals surface area contributed by atoms with Crippen molar-refractivity contribution in [2.45, 2.75) is 18.6 Å². The summed E-state index contributed by atoms with van der Waals surface area (Å²) in [6.45, 7) is 3.62. The Morgan fingerprint density at radius 2 is 2.11 bits per heavy atom. The smallest absolute Gasteiger partial charge is 0.234 e. The number of hydrogen-bond donors (Lipinski definition) is 0. The van der Waals surface area contributed by atoms with Crippen LogP contribution < -0.4 is 4.90 Å². The summed E-state index contributed by atoms with van der Waals surface area (Å²) in [6.07, 6.45) is 3.57. The number of benzene rings is 1. The number of nitrogens with zero attached hydrogens (tertiary/aromatic N) is 2. The number of carbonyl (C=O) groups excluding carboxylic acids is 2. The minimum atomic E-state index is -0.743. The summed E-state index contributed by atoms with van der Waals surface area (Å²) in [7, 11) is 0. The third kappa shape index (κ3) is 2.48. The highest BCUT2D eigenvalue weighted by molar-refractivity contribution is 7.99. The van der Waals surface area contributed by atoms with Gasteiger partial charge in [0.1, 0.15) is 11.4 Å². The van der Waals surface area contributed by atoms with Crippen molar-refractivity contribution in [1.29, 1.82) is 0 Å². The number of hydrogen-bond acceptors (Lipinski definition) is 4. The summed E-state index contributed by atoms with van der Waals surface area (Å²) in [5.41, 5.74) is 0.647. The summed E-state index contributed by atoms with van der Waals surface area (Å²) >= 11 is 1.85. The lowest BCUT2D eigenvalue weighted by Gasteiger charge is -2.32. The number of ether oxygens (including phenoxy) is 1. The van der Waals surface area contributed by atoms with E-state index < -0.39 is 17.4 Å². The van der Waals surface area contributed by atoms with Crippen LogP contribution in [0.2, 0.25) is 0 Å². The van der Waals surface area contributed by atoms with Gasteiger partial charge < -0.3 is 14.5 Å². The van der Waals surface area contributed by atoms with Gasteiger partial charge in [0.2, 0.25) is 11.8 Å². The molecule has 1 aromatic carbocycles. The number of fused-ring (bicyclic) bond motifs is 1. The molecule has 0 unspecified atom stereocenters. The number of halogens is 1. The van der Waals surface area contributed by atoms with Gasteiger partial charge in [0.15, 0.2) is 0 Å². The van der Waals surface area contributed by atoms with Gasteiger partial charge in [-0.25, -0.2) is 4.39 Å². The summed E-state index contributed by atoms with van der Waals surface area (Å²) < 4.78 is 19.7. The normalized spacial score (nSPS) is 34.4. The Balaban J connectivity index is 1.48. The molecule has 5 nitrogen and oxygen atoms in total. The van der Waals surface area contributed by atoms with Crippen LogP contribution in [0.4, 0.5) is 10.1 Å². The van der Waals surface area contributed by atoms with Crippen LogP contribution in [0, 0.1) is 24.6 Å². The lowest BCUT2D eigenvalue weighted by Crippen LogP contribution is -2.48. The molecule has 3 saturated heterocycles. The highest BCUT2D eigenvalue weighted by Gasteiger charge is 2.67. The predicted molar refractivity (Wildman–Crippen MR) is 101 cm³/mol. The monoisotopic (exact) mass is 388 g/mol. The minimum absolute atomic E-state index is 0.0301. The van der Waals surface area contributed by atoms with E-state index in [0.717, 1.165) is 24.6 Å². The SMILES string of the molecule is Cc1cc(F)ccc1N1C[C@]23C=C[C@H](O2)[C@@H](C(=O)N2CCSCC2)[C@@H]3C1=O. The van der Waals surface area contributed by atoms with E-state index in [2.05, 4.69) is 0 Å². The number of rotatable bonds is 2. The molecule has 0 aliphatic carbocycles. The van der Waals surface area contributed by atoms with Crippen LogP contribution in [0.1, 0.15) is 5.56 Å². The molecule has 142 valence electrons. The molecular formula is C20H21FN2O3S. The van der Waals surface area contributed by atoms with E-state index in [1.807, 2.05) is 28.8 Å². The molecular weight excluding hydrogens is 367 g/mol. The maximum Gasteiger partial charge on any atom is 0.234 e. The standard InChI is InChI=1S/C20H21FN2O3S/c1-12-10-13(21)2-3-14(12)23-11-20-5-4-15(26-20)16(17(20)19(23)25)18(24)22-6-8-27-9-7-22/h2-5,10,15-17H,6-9,11H2,1H3/t15-,16+,17+,20-/m0/s1. The fraction of sp³-hybridized carbons (Fsp3) is 0.500. The Morgan fingerprint density at radius 1 is 1.33 bits per heavy atom. The molecule has 0 N–H and O–H groups in total. The highest BCUT2D eigenvalue weighted by atomic mass is 32.2. The first kappa shape index (κ1) is 17.3. The second-order valence-electron chi connectivity index (χ2n) is 7.69. The number of anilines is 1. The third-order valence-electron chi connectivity index (χ3n) is 6.16. The van der Waals surface area contributed by atoms with Crippen LogP contribution in [0.5, 0.6) is 0 Å². The molecule has 2 amide bonds. The van der Waals surface area contributed by atoms with Gasteiger partial charge >= 0.3 is 0 Å². The van der Waals surface area contributed by atoms with Crippen LogP contribution in [-0.2, 0) is 14.3 Å². The molecule has 5 rings (SSSR count). The van der Waals surface area contributed by atoms with Gasteiger partial charge in [0, 0.05) is 30.3 Å². The van der Waals surface area contributed by atoms with Crippen LogP contribution in [-0.4, -0.2) is 59.6 Å². The quantitative estimate of drug-likeness (QED) is 0.728. The zero-order valence-electron chi connectivity index (χ0n) is 15.1. The molecule has 1 spiro atoms. The predicted octanol–water partition coefficient (Wildman–Crippen LogP) is 2.00. The molecule has 4 atom stereocenters. The Kier molecular flexibility index (Phi) is 3.88. The van der Waals surface area contributed by atoms with Crippen molar-refractivity contribution in [2.75, 3.05) is 36.0 Å². The molecule has 0 saturated carbocycles. The van der Waals surface area contributed by atoms with Crippen molar-refractivity contribution < 1.29 is 18.7 Å². The summed E-state index contributed by atoms with van der Waals surface area (Å²) in [5.74, 6) is 0.517. The maximum atomic E-state index is 13.5. The van der Waals surface area contributed by atoms with E-state index >= 15 is 0 Å². The van der Waals surface area contributed by atoms with Gasteiger partial charge in [-0.05, 0) is 30.7 Å². The van der Waals surface area contributed by atoms with E-state index in [0.29, 0.717) is 17.8 Å². The Hall–Kier alpha value is -1.86. The Labute approximate surface area is 161 Å². The van der Waals surface area contributed by atoms with E-state index in [1.165, 1.54) is 12.1 Å². The molecule has 4 aliphatic heterocycles. The van der Waals surface area contributed by atoms with Gasteiger partial charge in [-0.15, -0.1) is 0 Å². The van der Waals surface area contributed by atoms with E-state index in [1.54, 1.807) is 17.9 Å². The number of thioether (sulfide) groups is 1. The average molecular weight is 388 g/mol. The summed E-state index contributed by atoms with van der Waals surface area (Å²) in [4.78, 5) is 30.1. The van der Waals surface area contributed by atoms with E-state index in [-0.39, 0.29) is 23.7 Å². The molecule has 0 radical (unpaired) electrons. The van der Waals surface area contributed by atoms with Crippen molar-refractivity contribution in [2.24, 2.45) is 11.8 Å². The molecule has 27 heavy (non-hydrogen) atoms. The fourth-order valence-electron chi connectivity index (χ4n) is 4.90. The number of amides is 2. The Morgan fingerprint density at radius 3 is 2.85 bits per heavy atom. The summed E-state index contributed by atoms with van der Waals surface area (Å²) in [6, 6.07) is 4.43. The van der Waals surface area contributed by atoms with Crippen molar-refractivity contribution in [1.82, 2.24) is 4.90 Å². The number of carbonyl (C=O) groups is 2. The second kappa shape index (κ2) is 6.07. The second-order valence-corrected chi connectivity index (χ2v) is 8.92. The van der Waals surface area contributed by atoms with Gasteiger partial charge in [-0.2, -0.15) is 11.8 Å². The number of aryl methyl sites for hydroxylation is 1. The molecule has 4 heterocycles. The van der Waals surface area contributed by atoms with Crippen LogP contribution >= 0.6 is 11.8 Å². The third-order valence-corrected chi connectivity index (χ3v) is 7.10. The molecule has 7 heteroatoms. The summed E-state index contributed by atoms with van der Waals surface area (Å²) in [5, 5.41) is 0. The van der Waals surface area contributed by atoms with Crippen molar-refractivity contribution in [3.8, 4) is 0 Å².